The number of nitrogens with one attached hydrogen (secondary N) is 1. The lowest BCUT2D eigenvalue weighted by atomic mass is 10.2. The van der Waals surface area contributed by atoms with Crippen molar-refractivity contribution < 1.29 is 13.5 Å². The normalized spacial score (nSPS) is 11.8. The van der Waals surface area contributed by atoms with E-state index in [1.165, 1.54) is 12.3 Å². The van der Waals surface area contributed by atoms with Gasteiger partial charge in [-0.15, -0.1) is 0 Å². The predicted molar refractivity (Wildman–Crippen MR) is 84.2 cm³/mol. The summed E-state index contributed by atoms with van der Waals surface area (Å²) in [5.41, 5.74) is 1.44. The minimum Gasteiger partial charge on any atom is -0.390 e. The summed E-state index contributed by atoms with van der Waals surface area (Å²) in [6.45, 7) is 2.52. The zero-order valence-electron chi connectivity index (χ0n) is 11.6. The third-order valence-corrected chi connectivity index (χ3v) is 5.33. The van der Waals surface area contributed by atoms with E-state index in [4.69, 9.17) is 0 Å². The van der Waals surface area contributed by atoms with E-state index < -0.39 is 10.0 Å². The summed E-state index contributed by atoms with van der Waals surface area (Å²) in [5, 5.41) is 9.23. The van der Waals surface area contributed by atoms with Crippen molar-refractivity contribution in [3.8, 4) is 0 Å². The third-order valence-electron chi connectivity index (χ3n) is 3.18. The summed E-state index contributed by atoms with van der Waals surface area (Å²) in [5.74, 6) is 0. The van der Waals surface area contributed by atoms with Gasteiger partial charge in [0.1, 0.15) is 0 Å². The number of aliphatic hydroxyl groups is 1. The van der Waals surface area contributed by atoms with E-state index in [9.17, 15) is 13.5 Å². The van der Waals surface area contributed by atoms with E-state index in [1.54, 1.807) is 4.57 Å². The van der Waals surface area contributed by atoms with Gasteiger partial charge in [-0.1, -0.05) is 34.1 Å². The van der Waals surface area contributed by atoms with Crippen molar-refractivity contribution in [1.29, 1.82) is 0 Å². The Morgan fingerprint density at radius 3 is 2.62 bits per heavy atom. The van der Waals surface area contributed by atoms with Crippen molar-refractivity contribution in [2.24, 2.45) is 0 Å². The largest absolute Gasteiger partial charge is 0.390 e. The molecule has 0 aliphatic carbocycles. The van der Waals surface area contributed by atoms with Crippen LogP contribution in [0.1, 0.15) is 18.2 Å². The molecule has 0 radical (unpaired) electrons. The summed E-state index contributed by atoms with van der Waals surface area (Å²) >= 11 is 3.39. The van der Waals surface area contributed by atoms with Gasteiger partial charge in [-0.25, -0.2) is 13.1 Å². The first kappa shape index (κ1) is 16.2. The van der Waals surface area contributed by atoms with Gasteiger partial charge in [0, 0.05) is 29.5 Å². The fourth-order valence-corrected chi connectivity index (χ4v) is 3.49. The van der Waals surface area contributed by atoms with E-state index >= 15 is 0 Å². The van der Waals surface area contributed by atoms with Crippen LogP contribution in [0.2, 0.25) is 0 Å². The molecule has 2 N–H and O–H groups in total. The van der Waals surface area contributed by atoms with Crippen LogP contribution in [-0.2, 0) is 29.7 Å². The molecule has 21 heavy (non-hydrogen) atoms. The number of aryl methyl sites for hydroxylation is 1. The van der Waals surface area contributed by atoms with E-state index in [1.807, 2.05) is 31.2 Å². The molecular weight excluding hydrogens is 356 g/mol. The van der Waals surface area contributed by atoms with Crippen molar-refractivity contribution in [2.75, 3.05) is 0 Å². The van der Waals surface area contributed by atoms with Crippen molar-refractivity contribution in [3.63, 3.8) is 0 Å². The molecule has 0 saturated heterocycles. The van der Waals surface area contributed by atoms with E-state index in [0.717, 1.165) is 10.0 Å². The average molecular weight is 373 g/mol. The molecular formula is C14H17BrN2O3S. The SMILES string of the molecule is CCn1cc(S(=O)(=O)NCc2ccccc2Br)cc1CO. The molecule has 2 aromatic rings. The molecule has 0 fully saturated rings. The first-order valence-electron chi connectivity index (χ1n) is 6.51. The lowest BCUT2D eigenvalue weighted by molar-refractivity contribution is 0.271. The second-order valence-corrected chi connectivity index (χ2v) is 7.15. The van der Waals surface area contributed by atoms with Gasteiger partial charge >= 0.3 is 0 Å². The van der Waals surface area contributed by atoms with Crippen LogP contribution in [0.3, 0.4) is 0 Å². The molecule has 2 rings (SSSR count). The van der Waals surface area contributed by atoms with Crippen molar-refractivity contribution in [1.82, 2.24) is 9.29 Å². The third kappa shape index (κ3) is 3.74. The van der Waals surface area contributed by atoms with Crippen LogP contribution < -0.4 is 4.72 Å². The van der Waals surface area contributed by atoms with Crippen LogP contribution in [-0.4, -0.2) is 18.1 Å². The second-order valence-electron chi connectivity index (χ2n) is 4.53. The van der Waals surface area contributed by atoms with Crippen molar-refractivity contribution >= 4 is 26.0 Å². The topological polar surface area (TPSA) is 71.3 Å². The van der Waals surface area contributed by atoms with Crippen LogP contribution in [0, 0.1) is 0 Å². The Kier molecular flexibility index (Phi) is 5.21. The van der Waals surface area contributed by atoms with Crippen LogP contribution in [0.25, 0.3) is 0 Å². The molecule has 1 aromatic carbocycles. The van der Waals surface area contributed by atoms with Gasteiger partial charge in [0.2, 0.25) is 10.0 Å². The number of aromatic nitrogens is 1. The number of halogens is 1. The smallest absolute Gasteiger partial charge is 0.242 e. The van der Waals surface area contributed by atoms with Gasteiger partial charge < -0.3 is 9.67 Å². The number of hydrogen-bond acceptors (Lipinski definition) is 3. The Bertz CT molecular complexity index is 704. The molecule has 0 aliphatic heterocycles. The molecule has 114 valence electrons. The lowest BCUT2D eigenvalue weighted by Gasteiger charge is -2.06. The molecule has 7 heteroatoms. The summed E-state index contributed by atoms with van der Waals surface area (Å²) in [7, 11) is -3.60. The number of nitrogens with zero attached hydrogens (tertiary/aromatic N) is 1. The lowest BCUT2D eigenvalue weighted by Crippen LogP contribution is -2.23. The zero-order valence-corrected chi connectivity index (χ0v) is 14.0. The van der Waals surface area contributed by atoms with Crippen LogP contribution >= 0.6 is 15.9 Å². The van der Waals surface area contributed by atoms with Gasteiger partial charge in [0.25, 0.3) is 0 Å². The van der Waals surface area contributed by atoms with Gasteiger partial charge in [0.05, 0.1) is 11.5 Å². The molecule has 0 bridgehead atoms. The molecule has 1 aromatic heterocycles. The molecule has 0 saturated carbocycles. The highest BCUT2D eigenvalue weighted by molar-refractivity contribution is 9.10. The van der Waals surface area contributed by atoms with Gasteiger partial charge in [-0.05, 0) is 24.6 Å². The summed E-state index contributed by atoms with van der Waals surface area (Å²) in [6, 6.07) is 8.93. The van der Waals surface area contributed by atoms with Gasteiger partial charge in [-0.2, -0.15) is 0 Å². The maximum Gasteiger partial charge on any atom is 0.242 e. The van der Waals surface area contributed by atoms with E-state index in [0.29, 0.717) is 12.2 Å². The second kappa shape index (κ2) is 6.74. The Balaban J connectivity index is 2.19. The highest BCUT2D eigenvalue weighted by atomic mass is 79.9. The molecule has 5 nitrogen and oxygen atoms in total. The number of rotatable bonds is 6. The minimum absolute atomic E-state index is 0.167. The first-order chi connectivity index (χ1) is 9.97. The quantitative estimate of drug-likeness (QED) is 0.816. The Hall–Kier alpha value is -1.15. The van der Waals surface area contributed by atoms with Crippen LogP contribution in [0.5, 0.6) is 0 Å². The Labute approximate surface area is 132 Å². The number of benzene rings is 1. The van der Waals surface area contributed by atoms with Crippen LogP contribution in [0.4, 0.5) is 0 Å². The summed E-state index contributed by atoms with van der Waals surface area (Å²) in [6.07, 6.45) is 1.54. The number of hydrogen-bond donors (Lipinski definition) is 2. The summed E-state index contributed by atoms with van der Waals surface area (Å²) in [4.78, 5) is 0.167. The molecule has 1 heterocycles. The Morgan fingerprint density at radius 1 is 1.33 bits per heavy atom. The maximum absolute atomic E-state index is 12.3. The summed E-state index contributed by atoms with van der Waals surface area (Å²) < 4.78 is 29.7. The number of aliphatic hydroxyl groups excluding tert-OH is 1. The number of sulfonamides is 1. The van der Waals surface area contributed by atoms with E-state index in [2.05, 4.69) is 20.7 Å². The Morgan fingerprint density at radius 2 is 2.05 bits per heavy atom. The monoisotopic (exact) mass is 372 g/mol. The van der Waals surface area contributed by atoms with Crippen LogP contribution in [0.15, 0.2) is 45.9 Å². The standard InChI is InChI=1S/C14H17BrN2O3S/c1-2-17-9-13(7-12(17)10-18)21(19,20)16-8-11-5-3-4-6-14(11)15/h3-7,9,16,18H,2,8,10H2,1H3. The zero-order chi connectivity index (χ0) is 15.5. The minimum atomic E-state index is -3.60. The maximum atomic E-state index is 12.3. The van der Waals surface area contributed by atoms with Crippen molar-refractivity contribution in [3.05, 3.63) is 52.3 Å². The van der Waals surface area contributed by atoms with Crippen molar-refractivity contribution in [2.45, 2.75) is 31.5 Å². The molecule has 0 amide bonds. The molecule has 0 atom stereocenters. The highest BCUT2D eigenvalue weighted by Gasteiger charge is 2.18. The van der Waals surface area contributed by atoms with E-state index in [-0.39, 0.29) is 18.0 Å². The van der Waals surface area contributed by atoms with Gasteiger partial charge in [-0.3, -0.25) is 0 Å². The predicted octanol–water partition coefficient (Wildman–Crippen LogP) is 2.24. The molecule has 0 spiro atoms. The fraction of sp³-hybridized carbons (Fsp3) is 0.286. The highest BCUT2D eigenvalue weighted by Crippen LogP contribution is 2.18. The molecule has 0 aliphatic rings. The first-order valence-corrected chi connectivity index (χ1v) is 8.78. The molecule has 0 unspecified atom stereocenters. The average Bonchev–Trinajstić information content (AvgIpc) is 2.90. The fourth-order valence-electron chi connectivity index (χ4n) is 2.00. The van der Waals surface area contributed by atoms with Gasteiger partial charge in [0.15, 0.2) is 0 Å².